The smallest absolute Gasteiger partial charge is 0.318 e. The number of hydrogen-bond acceptors (Lipinski definition) is 8. The second-order valence-corrected chi connectivity index (χ2v) is 12.6. The van der Waals surface area contributed by atoms with Crippen molar-refractivity contribution in [1.82, 2.24) is 14.9 Å². The first-order valence-electron chi connectivity index (χ1n) is 15.6. The maximum Gasteiger partial charge on any atom is 0.318 e. The van der Waals surface area contributed by atoms with Crippen LogP contribution in [0.2, 0.25) is 0 Å². The minimum Gasteiger partial charge on any atom is -0.508 e. The lowest BCUT2D eigenvalue weighted by atomic mass is 9.94. The van der Waals surface area contributed by atoms with Gasteiger partial charge in [0.25, 0.3) is 5.91 Å². The number of amides is 1. The van der Waals surface area contributed by atoms with Gasteiger partial charge in [-0.05, 0) is 67.6 Å². The molecule has 230 valence electrons. The second-order valence-electron chi connectivity index (χ2n) is 12.6. The Balaban J connectivity index is 1.27. The predicted octanol–water partition coefficient (Wildman–Crippen LogP) is 5.28. The molecule has 1 unspecified atom stereocenters. The summed E-state index contributed by atoms with van der Waals surface area (Å²) in [5.74, 6) is 0.0575. The van der Waals surface area contributed by atoms with Crippen molar-refractivity contribution in [1.29, 1.82) is 5.26 Å². The van der Waals surface area contributed by atoms with Crippen LogP contribution in [-0.2, 0) is 13.0 Å². The highest BCUT2D eigenvalue weighted by atomic mass is 19.1. The van der Waals surface area contributed by atoms with E-state index in [1.165, 1.54) is 17.0 Å². The third-order valence-corrected chi connectivity index (χ3v) is 10.0. The zero-order valence-corrected chi connectivity index (χ0v) is 24.9. The van der Waals surface area contributed by atoms with Gasteiger partial charge in [0.15, 0.2) is 0 Å². The first kappa shape index (κ1) is 28.7. The molecule has 7 rings (SSSR count). The van der Waals surface area contributed by atoms with E-state index in [0.717, 1.165) is 32.2 Å². The van der Waals surface area contributed by atoms with E-state index >= 15 is 0 Å². The molecule has 0 bridgehead atoms. The number of aryl methyl sites for hydroxylation is 1. The summed E-state index contributed by atoms with van der Waals surface area (Å²) in [5, 5.41) is 21.0. The van der Waals surface area contributed by atoms with Crippen molar-refractivity contribution in [3.63, 3.8) is 0 Å². The minimum absolute atomic E-state index is 0.0251. The maximum atomic E-state index is 15.0. The Morgan fingerprint density at radius 2 is 2.02 bits per heavy atom. The molecule has 0 saturated carbocycles. The monoisotopic (exact) mass is 602 g/mol. The Morgan fingerprint density at radius 3 is 2.80 bits per heavy atom. The molecule has 1 N–H and O–H groups in total. The highest BCUT2D eigenvalue weighted by molar-refractivity contribution is 6.16. The van der Waals surface area contributed by atoms with Gasteiger partial charge in [-0.15, -0.1) is 0 Å². The fourth-order valence-corrected chi connectivity index (χ4v) is 7.81. The zero-order valence-electron chi connectivity index (χ0n) is 24.9. The number of fused-ring (bicyclic) bond motifs is 3. The minimum atomic E-state index is -0.883. The van der Waals surface area contributed by atoms with Crippen LogP contribution in [-0.4, -0.2) is 70.4 Å². The van der Waals surface area contributed by atoms with Crippen LogP contribution in [0.4, 0.5) is 20.3 Å². The highest BCUT2D eigenvalue weighted by Gasteiger charge is 2.49. The Morgan fingerprint density at radius 1 is 1.20 bits per heavy atom. The number of aromatic hydroxyl groups is 1. The number of piperidine rings is 1. The van der Waals surface area contributed by atoms with Crippen molar-refractivity contribution >= 4 is 28.2 Å². The molecule has 3 aromatic rings. The Hall–Kier alpha value is -4.04. The van der Waals surface area contributed by atoms with Gasteiger partial charge in [0, 0.05) is 43.9 Å². The van der Waals surface area contributed by atoms with Crippen LogP contribution >= 0.6 is 0 Å². The van der Waals surface area contributed by atoms with Crippen molar-refractivity contribution in [2.75, 3.05) is 42.6 Å². The molecule has 4 aliphatic rings. The number of alkyl halides is 1. The number of carbonyl (C=O) groups excluding carboxylic acids is 1. The Kier molecular flexibility index (Phi) is 7.28. The lowest BCUT2D eigenvalue weighted by Crippen LogP contribution is -2.43. The lowest BCUT2D eigenvalue weighted by molar-refractivity contribution is 0.0996. The highest BCUT2D eigenvalue weighted by Crippen LogP contribution is 2.43. The van der Waals surface area contributed by atoms with E-state index in [-0.39, 0.29) is 42.2 Å². The van der Waals surface area contributed by atoms with Crippen LogP contribution in [0.1, 0.15) is 67.1 Å². The summed E-state index contributed by atoms with van der Waals surface area (Å²) in [7, 11) is 0. The van der Waals surface area contributed by atoms with E-state index < -0.39 is 6.17 Å². The third kappa shape index (κ3) is 4.80. The van der Waals surface area contributed by atoms with E-state index in [9.17, 15) is 23.9 Å². The summed E-state index contributed by atoms with van der Waals surface area (Å²) >= 11 is 0. The Bertz CT molecular complexity index is 1670. The number of benzene rings is 2. The molecule has 0 aliphatic carbocycles. The van der Waals surface area contributed by atoms with E-state index in [1.54, 1.807) is 12.1 Å². The maximum absolute atomic E-state index is 15.0. The van der Waals surface area contributed by atoms with Gasteiger partial charge in [0.1, 0.15) is 35.7 Å². The van der Waals surface area contributed by atoms with Crippen LogP contribution in [0, 0.1) is 23.1 Å². The number of anilines is 2. The molecule has 1 aromatic heterocycles. The summed E-state index contributed by atoms with van der Waals surface area (Å²) in [5.41, 5.74) is 1.38. The second kappa shape index (κ2) is 11.1. The van der Waals surface area contributed by atoms with E-state index in [0.29, 0.717) is 83.9 Å². The molecular weight excluding hydrogens is 566 g/mol. The summed E-state index contributed by atoms with van der Waals surface area (Å²) in [6.45, 7) is 4.75. The molecule has 3 fully saturated rings. The van der Waals surface area contributed by atoms with Crippen molar-refractivity contribution in [3.8, 4) is 17.8 Å². The van der Waals surface area contributed by atoms with Gasteiger partial charge in [-0.1, -0.05) is 13.0 Å². The number of phenols is 1. The molecule has 2 aromatic carbocycles. The average Bonchev–Trinajstić information content (AvgIpc) is 3.65. The number of nitriles is 1. The van der Waals surface area contributed by atoms with E-state index in [4.69, 9.17) is 14.7 Å². The first-order chi connectivity index (χ1) is 21.3. The number of halogens is 2. The van der Waals surface area contributed by atoms with Crippen LogP contribution in [0.5, 0.6) is 11.8 Å². The molecule has 2 atom stereocenters. The van der Waals surface area contributed by atoms with Gasteiger partial charge < -0.3 is 19.6 Å². The molecule has 11 heteroatoms. The quantitative estimate of drug-likeness (QED) is 0.389. The van der Waals surface area contributed by atoms with Crippen LogP contribution in [0.25, 0.3) is 10.8 Å². The number of phenolic OH excluding ortho intramolecular Hbond substituents is 1. The molecular formula is C33H36F2N6O3. The predicted molar refractivity (Wildman–Crippen MR) is 161 cm³/mol. The summed E-state index contributed by atoms with van der Waals surface area (Å²) in [6, 6.07) is 8.49. The summed E-state index contributed by atoms with van der Waals surface area (Å²) in [4.78, 5) is 29.5. The molecule has 1 amide bonds. The SMILES string of the molecule is CCc1c(F)ccc2cc(O)cc(N3Cc4nc(OCC56CCCN5C[C@H](F)C6)nc(N5CCC(CC#N)CC5)c4C3=O)c12. The topological polar surface area (TPSA) is 106 Å². The first-order valence-corrected chi connectivity index (χ1v) is 15.6. The van der Waals surface area contributed by atoms with Crippen molar-refractivity contribution < 1.29 is 23.4 Å². The normalized spacial score (nSPS) is 23.8. The van der Waals surface area contributed by atoms with Gasteiger partial charge >= 0.3 is 6.01 Å². The average molecular weight is 603 g/mol. The van der Waals surface area contributed by atoms with E-state index in [1.807, 2.05) is 6.92 Å². The van der Waals surface area contributed by atoms with Crippen molar-refractivity contribution in [3.05, 3.63) is 46.9 Å². The van der Waals surface area contributed by atoms with Crippen LogP contribution < -0.4 is 14.5 Å². The number of nitrogens with zero attached hydrogens (tertiary/aromatic N) is 6. The number of ether oxygens (including phenoxy) is 1. The van der Waals surface area contributed by atoms with Gasteiger partial charge in [-0.3, -0.25) is 9.69 Å². The number of carbonyl (C=O) groups is 1. The van der Waals surface area contributed by atoms with Gasteiger partial charge in [0.2, 0.25) is 0 Å². The lowest BCUT2D eigenvalue weighted by Gasteiger charge is -2.33. The molecule has 4 aliphatic heterocycles. The van der Waals surface area contributed by atoms with E-state index in [2.05, 4.69) is 15.9 Å². The molecule has 44 heavy (non-hydrogen) atoms. The van der Waals surface area contributed by atoms with Crippen LogP contribution in [0.3, 0.4) is 0 Å². The number of rotatable bonds is 7. The van der Waals surface area contributed by atoms with Crippen molar-refractivity contribution in [2.45, 2.75) is 70.1 Å². The molecule has 9 nitrogen and oxygen atoms in total. The zero-order chi connectivity index (χ0) is 30.6. The van der Waals surface area contributed by atoms with Gasteiger partial charge in [-0.25, -0.2) is 8.78 Å². The standard InChI is InChI=1S/C33H36F2N6O3/c1-2-24-25(35)5-4-21-14-23(42)15-27(28(21)24)41-18-26-29(31(41)43)30(39-12-7-20(6-10-36)8-13-39)38-32(37-26)44-19-33-9-3-11-40(33)17-22(34)16-33/h4-5,14-15,20,22,42H,2-3,6-9,11-13,16-19H2,1H3/t22-,33?/m1/s1. The molecule has 0 radical (unpaired) electrons. The number of aromatic nitrogens is 2. The van der Waals surface area contributed by atoms with Gasteiger partial charge in [0.05, 0.1) is 29.5 Å². The Labute approximate surface area is 255 Å². The molecule has 0 spiro atoms. The molecule has 5 heterocycles. The van der Waals surface area contributed by atoms with Gasteiger partial charge in [-0.2, -0.15) is 15.2 Å². The van der Waals surface area contributed by atoms with Crippen molar-refractivity contribution in [2.24, 2.45) is 5.92 Å². The van der Waals surface area contributed by atoms with Crippen LogP contribution in [0.15, 0.2) is 24.3 Å². The summed E-state index contributed by atoms with van der Waals surface area (Å²) in [6.07, 6.45) is 3.88. The fraction of sp³-hybridized carbons (Fsp3) is 0.515. The molecule has 3 saturated heterocycles. The summed E-state index contributed by atoms with van der Waals surface area (Å²) < 4.78 is 35.6. The third-order valence-electron chi connectivity index (χ3n) is 10.0. The largest absolute Gasteiger partial charge is 0.508 e. The fourth-order valence-electron chi connectivity index (χ4n) is 7.81. The number of hydrogen-bond donors (Lipinski definition) is 1.